The van der Waals surface area contributed by atoms with Crippen molar-refractivity contribution in [2.24, 2.45) is 0 Å². The van der Waals surface area contributed by atoms with Gasteiger partial charge >= 0.3 is 0 Å². The Bertz CT molecular complexity index is 659. The number of hydrogen-bond donors (Lipinski definition) is 0. The Morgan fingerprint density at radius 2 is 2.05 bits per heavy atom. The normalized spacial score (nSPS) is 11.7. The first kappa shape index (κ1) is 16.3. The predicted octanol–water partition coefficient (Wildman–Crippen LogP) is 4.72. The number of rotatable bonds is 4. The third-order valence-corrected chi connectivity index (χ3v) is 5.11. The summed E-state index contributed by atoms with van der Waals surface area (Å²) in [5, 5.41) is 1.01. The van der Waals surface area contributed by atoms with E-state index in [0.717, 1.165) is 25.7 Å². The molecule has 3 nitrogen and oxygen atoms in total. The van der Waals surface area contributed by atoms with Gasteiger partial charge in [-0.15, -0.1) is 11.3 Å². The molecule has 0 saturated heterocycles. The van der Waals surface area contributed by atoms with Crippen LogP contribution in [0.2, 0.25) is 0 Å². The van der Waals surface area contributed by atoms with Crippen LogP contribution in [0.1, 0.15) is 53.1 Å². The van der Waals surface area contributed by atoms with Crippen LogP contribution in [0.15, 0.2) is 22.9 Å². The van der Waals surface area contributed by atoms with Gasteiger partial charge in [-0.1, -0.05) is 26.8 Å². The lowest BCUT2D eigenvalue weighted by Gasteiger charge is -2.13. The molecule has 0 aliphatic heterocycles. The van der Waals surface area contributed by atoms with E-state index in [4.69, 9.17) is 0 Å². The van der Waals surface area contributed by atoms with E-state index in [2.05, 4.69) is 46.7 Å². The van der Waals surface area contributed by atoms with Gasteiger partial charge in [-0.25, -0.2) is 9.97 Å². The summed E-state index contributed by atoms with van der Waals surface area (Å²) in [6.45, 7) is 8.29. The number of ketones is 1. The van der Waals surface area contributed by atoms with Gasteiger partial charge in [0.1, 0.15) is 4.60 Å². The largest absolute Gasteiger partial charge is 0.293 e. The van der Waals surface area contributed by atoms with Crippen LogP contribution in [0.25, 0.3) is 0 Å². The van der Waals surface area contributed by atoms with Gasteiger partial charge in [0.2, 0.25) is 0 Å². The maximum Gasteiger partial charge on any atom is 0.174 e. The third kappa shape index (κ3) is 4.20. The molecule has 0 bridgehead atoms. The molecule has 0 unspecified atom stereocenters. The van der Waals surface area contributed by atoms with Crippen molar-refractivity contribution in [1.82, 2.24) is 9.97 Å². The van der Waals surface area contributed by atoms with E-state index in [9.17, 15) is 4.79 Å². The molecule has 2 aromatic rings. The van der Waals surface area contributed by atoms with E-state index in [1.807, 2.05) is 19.1 Å². The van der Waals surface area contributed by atoms with Crippen LogP contribution in [-0.4, -0.2) is 15.8 Å². The van der Waals surface area contributed by atoms with E-state index >= 15 is 0 Å². The maximum absolute atomic E-state index is 12.3. The molecule has 0 saturated carbocycles. The SMILES string of the molecule is Cc1nc(Br)ccc1CCC(=O)c1cnc(C(C)(C)C)s1. The summed E-state index contributed by atoms with van der Waals surface area (Å²) < 4.78 is 0.826. The molecule has 0 atom stereocenters. The Balaban J connectivity index is 2.03. The van der Waals surface area contributed by atoms with E-state index in [0.29, 0.717) is 12.8 Å². The lowest BCUT2D eigenvalue weighted by atomic mass is 9.98. The van der Waals surface area contributed by atoms with Gasteiger partial charge in [-0.3, -0.25) is 4.79 Å². The fourth-order valence-electron chi connectivity index (χ4n) is 1.94. The van der Waals surface area contributed by atoms with Crippen molar-refractivity contribution in [3.05, 3.63) is 44.1 Å². The molecule has 2 rings (SSSR count). The molecular formula is C16H19BrN2OS. The molecule has 112 valence electrons. The quantitative estimate of drug-likeness (QED) is 0.580. The first-order valence-corrected chi connectivity index (χ1v) is 8.50. The summed E-state index contributed by atoms with van der Waals surface area (Å²) in [5.41, 5.74) is 2.08. The maximum atomic E-state index is 12.3. The molecule has 2 aromatic heterocycles. The molecule has 2 heterocycles. The Hall–Kier alpha value is -1.07. The van der Waals surface area contributed by atoms with Gasteiger partial charge in [-0.2, -0.15) is 0 Å². The Kier molecular flexibility index (Phi) is 4.94. The highest BCUT2D eigenvalue weighted by molar-refractivity contribution is 9.10. The Morgan fingerprint density at radius 1 is 1.33 bits per heavy atom. The predicted molar refractivity (Wildman–Crippen MR) is 90.1 cm³/mol. The van der Waals surface area contributed by atoms with Crippen molar-refractivity contribution in [2.75, 3.05) is 0 Å². The zero-order chi connectivity index (χ0) is 15.6. The van der Waals surface area contributed by atoms with Crippen LogP contribution in [0.5, 0.6) is 0 Å². The van der Waals surface area contributed by atoms with Gasteiger partial charge in [-0.05, 0) is 40.9 Å². The average Bonchev–Trinajstić information content (AvgIpc) is 2.87. The summed E-state index contributed by atoms with van der Waals surface area (Å²) in [7, 11) is 0. The van der Waals surface area contributed by atoms with Crippen molar-refractivity contribution in [1.29, 1.82) is 0 Å². The number of pyridine rings is 1. The summed E-state index contributed by atoms with van der Waals surface area (Å²) in [4.78, 5) is 21.8. The van der Waals surface area contributed by atoms with Gasteiger partial charge in [0.15, 0.2) is 5.78 Å². The monoisotopic (exact) mass is 366 g/mol. The molecular weight excluding hydrogens is 348 g/mol. The molecule has 5 heteroatoms. The highest BCUT2D eigenvalue weighted by atomic mass is 79.9. The smallest absolute Gasteiger partial charge is 0.174 e. The molecule has 0 radical (unpaired) electrons. The van der Waals surface area contributed by atoms with Crippen molar-refractivity contribution in [3.63, 3.8) is 0 Å². The minimum atomic E-state index is -0.00455. The lowest BCUT2D eigenvalue weighted by Crippen LogP contribution is -2.09. The number of nitrogens with zero attached hydrogens (tertiary/aromatic N) is 2. The third-order valence-electron chi connectivity index (χ3n) is 3.20. The molecule has 0 amide bonds. The van der Waals surface area contributed by atoms with E-state index in [1.165, 1.54) is 11.3 Å². The van der Waals surface area contributed by atoms with E-state index in [1.54, 1.807) is 6.20 Å². The van der Waals surface area contributed by atoms with Crippen molar-refractivity contribution >= 4 is 33.0 Å². The second-order valence-electron chi connectivity index (χ2n) is 6.08. The summed E-state index contributed by atoms with van der Waals surface area (Å²) in [6, 6.07) is 3.93. The second kappa shape index (κ2) is 6.36. The molecule has 0 spiro atoms. The van der Waals surface area contributed by atoms with Crippen LogP contribution in [0, 0.1) is 6.92 Å². The number of aryl methyl sites for hydroxylation is 2. The van der Waals surface area contributed by atoms with E-state index in [-0.39, 0.29) is 11.2 Å². The van der Waals surface area contributed by atoms with Gasteiger partial charge in [0.25, 0.3) is 0 Å². The van der Waals surface area contributed by atoms with Crippen molar-refractivity contribution < 1.29 is 4.79 Å². The molecule has 0 N–H and O–H groups in total. The molecule has 0 aliphatic carbocycles. The van der Waals surface area contributed by atoms with Crippen LogP contribution < -0.4 is 0 Å². The summed E-state index contributed by atoms with van der Waals surface area (Å²) in [6.07, 6.45) is 2.92. The molecule has 0 aliphatic rings. The van der Waals surface area contributed by atoms with Crippen LogP contribution >= 0.6 is 27.3 Å². The zero-order valence-corrected chi connectivity index (χ0v) is 15.1. The molecule has 21 heavy (non-hydrogen) atoms. The Labute approximate surface area is 138 Å². The van der Waals surface area contributed by atoms with E-state index < -0.39 is 0 Å². The zero-order valence-electron chi connectivity index (χ0n) is 12.7. The second-order valence-corrected chi connectivity index (χ2v) is 7.92. The number of thiazole rings is 1. The van der Waals surface area contributed by atoms with Crippen LogP contribution in [0.3, 0.4) is 0 Å². The summed E-state index contributed by atoms with van der Waals surface area (Å²) in [5.74, 6) is 0.158. The first-order chi connectivity index (χ1) is 9.77. The van der Waals surface area contributed by atoms with Gasteiger partial charge in [0, 0.05) is 23.7 Å². The number of Topliss-reactive ketones (excluding diaryl/α,β-unsaturated/α-hetero) is 1. The summed E-state index contributed by atoms with van der Waals surface area (Å²) >= 11 is 4.86. The minimum Gasteiger partial charge on any atom is -0.293 e. The van der Waals surface area contributed by atoms with Crippen LogP contribution in [0.4, 0.5) is 0 Å². The molecule has 0 fully saturated rings. The number of carbonyl (C=O) groups excluding carboxylic acids is 1. The fourth-order valence-corrected chi connectivity index (χ4v) is 3.28. The van der Waals surface area contributed by atoms with Crippen LogP contribution in [-0.2, 0) is 11.8 Å². The number of aromatic nitrogens is 2. The lowest BCUT2D eigenvalue weighted by molar-refractivity contribution is 0.0986. The highest BCUT2D eigenvalue weighted by Gasteiger charge is 2.20. The molecule has 0 aromatic carbocycles. The number of halogens is 1. The minimum absolute atomic E-state index is 0.00455. The van der Waals surface area contributed by atoms with Crippen molar-refractivity contribution in [3.8, 4) is 0 Å². The standard InChI is InChI=1S/C16H19BrN2OS/c1-10-11(6-8-14(17)19-10)5-7-12(20)13-9-18-15(21-13)16(2,3)4/h6,8-9H,5,7H2,1-4H3. The van der Waals surface area contributed by atoms with Gasteiger partial charge < -0.3 is 0 Å². The first-order valence-electron chi connectivity index (χ1n) is 6.89. The number of carbonyl (C=O) groups is 1. The highest BCUT2D eigenvalue weighted by Crippen LogP contribution is 2.27. The fraction of sp³-hybridized carbons (Fsp3) is 0.438. The van der Waals surface area contributed by atoms with Gasteiger partial charge in [0.05, 0.1) is 9.88 Å². The topological polar surface area (TPSA) is 42.9 Å². The average molecular weight is 367 g/mol. The Morgan fingerprint density at radius 3 is 2.62 bits per heavy atom. The number of hydrogen-bond acceptors (Lipinski definition) is 4. The van der Waals surface area contributed by atoms with Crippen molar-refractivity contribution in [2.45, 2.75) is 46.0 Å².